The minimum absolute atomic E-state index is 0.0134. The van der Waals surface area contributed by atoms with Crippen LogP contribution in [0.1, 0.15) is 56.1 Å². The number of anilines is 2. The Hall–Kier alpha value is -3.03. The third-order valence-electron chi connectivity index (χ3n) is 7.46. The second-order valence-electron chi connectivity index (χ2n) is 9.41. The lowest BCUT2D eigenvalue weighted by molar-refractivity contribution is 0.0931. The summed E-state index contributed by atoms with van der Waals surface area (Å²) in [5.74, 6) is 0.676. The van der Waals surface area contributed by atoms with Crippen molar-refractivity contribution in [2.45, 2.75) is 37.5 Å². The minimum Gasteiger partial charge on any atom is -0.357 e. The van der Waals surface area contributed by atoms with E-state index in [1.54, 1.807) is 0 Å². The third kappa shape index (κ3) is 2.80. The summed E-state index contributed by atoms with van der Waals surface area (Å²) in [6, 6.07) is 0. The Bertz CT molecular complexity index is 1450. The maximum Gasteiger partial charge on any atom is 0.256 e. The first-order chi connectivity index (χ1) is 16.4. The molecule has 3 aromatic rings. The van der Waals surface area contributed by atoms with E-state index in [2.05, 4.69) is 45.1 Å². The van der Waals surface area contributed by atoms with E-state index in [1.807, 2.05) is 6.20 Å². The number of aryl methyl sites for hydroxylation is 1. The molecule has 4 aliphatic rings. The molecule has 9 nitrogen and oxygen atoms in total. The Morgan fingerprint density at radius 2 is 1.82 bits per heavy atom. The summed E-state index contributed by atoms with van der Waals surface area (Å²) in [6.45, 7) is 1.21. The molecule has 3 aromatic heterocycles. The van der Waals surface area contributed by atoms with Crippen LogP contribution in [0.3, 0.4) is 0 Å². The Balaban J connectivity index is 1.36. The van der Waals surface area contributed by atoms with Crippen LogP contribution in [0.4, 0.5) is 11.6 Å². The maximum absolute atomic E-state index is 12.8. The van der Waals surface area contributed by atoms with Crippen LogP contribution in [-0.2, 0) is 24.7 Å². The molecular formula is C23H21ClN7O2P. The molecule has 0 saturated heterocycles. The first-order valence-electron chi connectivity index (χ1n) is 11.4. The SMILES string of the molecule is O=C1NCCc2nc(Cl)nc(Nc3ncc4c(c3P)-c3[nH]c5c(c3CC4)C(=O)NCC53CC3)c21. The molecular weight excluding hydrogens is 473 g/mol. The second kappa shape index (κ2) is 6.99. The highest BCUT2D eigenvalue weighted by Gasteiger charge is 2.51. The van der Waals surface area contributed by atoms with Gasteiger partial charge in [-0.05, 0) is 48.4 Å². The Labute approximate surface area is 202 Å². The number of fused-ring (bicyclic) bond motifs is 7. The first kappa shape index (κ1) is 20.4. The van der Waals surface area contributed by atoms with Crippen LogP contribution in [0.15, 0.2) is 6.20 Å². The van der Waals surface area contributed by atoms with Gasteiger partial charge in [-0.25, -0.2) is 9.97 Å². The summed E-state index contributed by atoms with van der Waals surface area (Å²) < 4.78 is 0. The quantitative estimate of drug-likeness (QED) is 0.319. The van der Waals surface area contributed by atoms with Gasteiger partial charge in [0.05, 0.1) is 17.0 Å². The molecule has 1 unspecified atom stereocenters. The number of carbonyl (C=O) groups excluding carboxylic acids is 2. The lowest BCUT2D eigenvalue weighted by Crippen LogP contribution is -2.39. The van der Waals surface area contributed by atoms with Crippen molar-refractivity contribution in [2.75, 3.05) is 18.4 Å². The molecule has 1 saturated carbocycles. The molecule has 7 rings (SSSR count). The van der Waals surface area contributed by atoms with E-state index in [-0.39, 0.29) is 22.5 Å². The normalized spacial score (nSPS) is 18.9. The van der Waals surface area contributed by atoms with Crippen LogP contribution in [0.5, 0.6) is 0 Å². The van der Waals surface area contributed by atoms with Gasteiger partial charge in [-0.15, -0.1) is 9.24 Å². The average Bonchev–Trinajstić information content (AvgIpc) is 3.48. The highest BCUT2D eigenvalue weighted by molar-refractivity contribution is 7.28. The molecule has 2 aliphatic heterocycles. The molecule has 11 heteroatoms. The number of aromatic amines is 1. The fourth-order valence-corrected chi connectivity index (χ4v) is 6.21. The molecule has 34 heavy (non-hydrogen) atoms. The number of H-pyrrole nitrogens is 1. The molecule has 0 aromatic carbocycles. The van der Waals surface area contributed by atoms with Gasteiger partial charge in [-0.2, -0.15) is 4.98 Å². The van der Waals surface area contributed by atoms with Gasteiger partial charge in [-0.1, -0.05) is 0 Å². The summed E-state index contributed by atoms with van der Waals surface area (Å²) >= 11 is 6.16. The molecule has 172 valence electrons. The Morgan fingerprint density at radius 1 is 1.00 bits per heavy atom. The van der Waals surface area contributed by atoms with Gasteiger partial charge in [0.2, 0.25) is 5.28 Å². The summed E-state index contributed by atoms with van der Waals surface area (Å²) in [5, 5.41) is 10.1. The number of aromatic nitrogens is 4. The number of carbonyl (C=O) groups is 2. The van der Waals surface area contributed by atoms with E-state index in [1.165, 1.54) is 0 Å². The number of nitrogens with one attached hydrogen (secondary N) is 4. The van der Waals surface area contributed by atoms with Crippen molar-refractivity contribution in [3.05, 3.63) is 45.1 Å². The molecule has 0 radical (unpaired) electrons. The number of amides is 2. The molecule has 5 heterocycles. The number of halogens is 1. The van der Waals surface area contributed by atoms with Crippen LogP contribution < -0.4 is 21.3 Å². The van der Waals surface area contributed by atoms with Crippen molar-refractivity contribution in [1.29, 1.82) is 0 Å². The lowest BCUT2D eigenvalue weighted by Gasteiger charge is -2.23. The molecule has 0 bridgehead atoms. The predicted molar refractivity (Wildman–Crippen MR) is 130 cm³/mol. The smallest absolute Gasteiger partial charge is 0.256 e. The molecule has 2 amide bonds. The number of rotatable bonds is 2. The fourth-order valence-electron chi connectivity index (χ4n) is 5.55. The van der Waals surface area contributed by atoms with Crippen molar-refractivity contribution in [2.24, 2.45) is 0 Å². The lowest BCUT2D eigenvalue weighted by atomic mass is 9.86. The minimum atomic E-state index is -0.233. The number of nitrogens with zero attached hydrogens (tertiary/aromatic N) is 3. The highest BCUT2D eigenvalue weighted by Crippen LogP contribution is 2.52. The topological polar surface area (TPSA) is 125 Å². The third-order valence-corrected chi connectivity index (χ3v) is 8.19. The van der Waals surface area contributed by atoms with Crippen LogP contribution >= 0.6 is 20.8 Å². The van der Waals surface area contributed by atoms with Crippen molar-refractivity contribution in [3.63, 3.8) is 0 Å². The Morgan fingerprint density at radius 3 is 2.65 bits per heavy atom. The molecule has 2 aliphatic carbocycles. The van der Waals surface area contributed by atoms with E-state index in [4.69, 9.17) is 11.6 Å². The predicted octanol–water partition coefficient (Wildman–Crippen LogP) is 1.92. The number of hydrogen-bond acceptors (Lipinski definition) is 6. The van der Waals surface area contributed by atoms with E-state index in [9.17, 15) is 9.59 Å². The highest BCUT2D eigenvalue weighted by atomic mass is 35.5. The van der Waals surface area contributed by atoms with Crippen molar-refractivity contribution >= 4 is 49.6 Å². The van der Waals surface area contributed by atoms with Crippen LogP contribution in [0.25, 0.3) is 11.3 Å². The largest absolute Gasteiger partial charge is 0.357 e. The van der Waals surface area contributed by atoms with E-state index < -0.39 is 0 Å². The number of pyridine rings is 1. The van der Waals surface area contributed by atoms with Gasteiger partial charge in [0.1, 0.15) is 17.2 Å². The monoisotopic (exact) mass is 493 g/mol. The zero-order valence-electron chi connectivity index (χ0n) is 18.1. The van der Waals surface area contributed by atoms with Crippen LogP contribution in [0.2, 0.25) is 5.28 Å². The number of hydrogen-bond donors (Lipinski definition) is 4. The van der Waals surface area contributed by atoms with Gasteiger partial charge in [0.15, 0.2) is 0 Å². The van der Waals surface area contributed by atoms with Crippen LogP contribution in [0, 0.1) is 0 Å². The van der Waals surface area contributed by atoms with E-state index >= 15 is 0 Å². The molecule has 1 atom stereocenters. The van der Waals surface area contributed by atoms with Crippen molar-refractivity contribution < 1.29 is 9.59 Å². The average molecular weight is 494 g/mol. The van der Waals surface area contributed by atoms with E-state index in [0.29, 0.717) is 42.4 Å². The van der Waals surface area contributed by atoms with Gasteiger partial charge in [0.25, 0.3) is 11.8 Å². The van der Waals surface area contributed by atoms with Crippen LogP contribution in [-0.4, -0.2) is 44.8 Å². The van der Waals surface area contributed by atoms with Gasteiger partial charge in [-0.3, -0.25) is 9.59 Å². The molecule has 4 N–H and O–H groups in total. The van der Waals surface area contributed by atoms with Crippen molar-refractivity contribution in [3.8, 4) is 11.3 Å². The van der Waals surface area contributed by atoms with Gasteiger partial charge >= 0.3 is 0 Å². The summed E-state index contributed by atoms with van der Waals surface area (Å²) in [5.41, 5.74) is 7.19. The van der Waals surface area contributed by atoms with Gasteiger partial charge in [0, 0.05) is 47.7 Å². The second-order valence-corrected chi connectivity index (χ2v) is 10.3. The summed E-state index contributed by atoms with van der Waals surface area (Å²) in [6.07, 6.45) is 6.22. The maximum atomic E-state index is 12.8. The standard InChI is InChI=1S/C23H21ClN7O2P/c24-22-28-11-3-6-25-21(33)14(11)18(31-22)30-19-16(34)12-9(7-26-19)1-2-10-13-17(29-15(10)12)23(4-5-23)8-27-20(13)32/h7,29H,1-6,8,34H2,(H,25,33)(H,27,32)(H,26,28,30,31). The first-order valence-corrected chi connectivity index (χ1v) is 12.3. The zero-order chi connectivity index (χ0) is 23.2. The summed E-state index contributed by atoms with van der Waals surface area (Å²) in [7, 11) is 2.78. The Kier molecular flexibility index (Phi) is 4.19. The van der Waals surface area contributed by atoms with E-state index in [0.717, 1.165) is 64.6 Å². The van der Waals surface area contributed by atoms with Gasteiger partial charge < -0.3 is 20.9 Å². The molecule has 1 fully saturated rings. The fraction of sp³-hybridized carbons (Fsp3) is 0.348. The van der Waals surface area contributed by atoms with Crippen molar-refractivity contribution in [1.82, 2.24) is 30.6 Å². The molecule has 1 spiro atoms. The zero-order valence-corrected chi connectivity index (χ0v) is 20.1. The summed E-state index contributed by atoms with van der Waals surface area (Å²) in [4.78, 5) is 42.2.